The van der Waals surface area contributed by atoms with Gasteiger partial charge in [0.15, 0.2) is 11.6 Å². The van der Waals surface area contributed by atoms with Crippen LogP contribution >= 0.6 is 0 Å². The molecule has 2 rings (SSSR count). The molecule has 0 aliphatic rings. The normalized spacial score (nSPS) is 11.4. The van der Waals surface area contributed by atoms with E-state index < -0.39 is 27.5 Å². The fourth-order valence-electron chi connectivity index (χ4n) is 1.58. The molecule has 106 valence electrons. The monoisotopic (exact) mass is 301 g/mol. The summed E-state index contributed by atoms with van der Waals surface area (Å²) in [5.74, 6) is -2.79. The Morgan fingerprint density at radius 3 is 2.05 bits per heavy atom. The van der Waals surface area contributed by atoms with Crippen LogP contribution in [0.15, 0.2) is 47.4 Å². The lowest BCUT2D eigenvalue weighted by molar-refractivity contribution is 0.509. The summed E-state index contributed by atoms with van der Waals surface area (Å²) in [6.07, 6.45) is 0. The minimum absolute atomic E-state index is 0.0341. The van der Waals surface area contributed by atoms with E-state index >= 15 is 0 Å². The maximum absolute atomic E-state index is 13.1. The van der Waals surface area contributed by atoms with Crippen molar-refractivity contribution < 1.29 is 21.6 Å². The summed E-state index contributed by atoms with van der Waals surface area (Å²) in [6, 6.07) is 6.96. The van der Waals surface area contributed by atoms with E-state index in [-0.39, 0.29) is 10.6 Å². The molecular formula is C13H10F3NO2S. The number of benzene rings is 2. The molecule has 0 saturated carbocycles. The Morgan fingerprint density at radius 2 is 1.50 bits per heavy atom. The molecule has 0 fully saturated rings. The molecule has 20 heavy (non-hydrogen) atoms. The van der Waals surface area contributed by atoms with Crippen LogP contribution in [0.3, 0.4) is 0 Å². The van der Waals surface area contributed by atoms with Gasteiger partial charge in [-0.25, -0.2) is 21.6 Å². The van der Waals surface area contributed by atoms with E-state index in [2.05, 4.69) is 0 Å². The standard InChI is InChI=1S/C13H10F3NO2S/c1-17(10-4-7-12(15)13(16)8-10)20(18,19)11-5-2-9(14)3-6-11/h2-8H,1H3. The maximum Gasteiger partial charge on any atom is 0.264 e. The predicted molar refractivity (Wildman–Crippen MR) is 68.3 cm³/mol. The summed E-state index contributed by atoms with van der Waals surface area (Å²) < 4.78 is 64.0. The number of anilines is 1. The molecule has 0 saturated heterocycles. The van der Waals surface area contributed by atoms with E-state index in [4.69, 9.17) is 0 Å². The number of rotatable bonds is 3. The first-order valence-electron chi connectivity index (χ1n) is 5.52. The number of hydrogen-bond acceptors (Lipinski definition) is 2. The van der Waals surface area contributed by atoms with Gasteiger partial charge >= 0.3 is 0 Å². The van der Waals surface area contributed by atoms with E-state index in [1.54, 1.807) is 0 Å². The summed E-state index contributed by atoms with van der Waals surface area (Å²) in [4.78, 5) is -0.147. The third-order valence-electron chi connectivity index (χ3n) is 2.74. The molecule has 0 aliphatic carbocycles. The molecule has 0 radical (unpaired) electrons. The molecule has 7 heteroatoms. The third kappa shape index (κ3) is 2.62. The Labute approximate surface area is 114 Å². The first-order valence-corrected chi connectivity index (χ1v) is 6.96. The number of nitrogens with zero attached hydrogens (tertiary/aromatic N) is 1. The lowest BCUT2D eigenvalue weighted by Crippen LogP contribution is -2.26. The lowest BCUT2D eigenvalue weighted by Gasteiger charge is -2.19. The van der Waals surface area contributed by atoms with E-state index in [1.807, 2.05) is 0 Å². The van der Waals surface area contributed by atoms with Gasteiger partial charge in [-0.2, -0.15) is 0 Å². The largest absolute Gasteiger partial charge is 0.269 e. The fourth-order valence-corrected chi connectivity index (χ4v) is 2.77. The highest BCUT2D eigenvalue weighted by Gasteiger charge is 2.22. The molecule has 0 N–H and O–H groups in total. The SMILES string of the molecule is CN(c1ccc(F)c(F)c1)S(=O)(=O)c1ccc(F)cc1. The molecule has 0 aliphatic heterocycles. The molecule has 2 aromatic carbocycles. The van der Waals surface area contributed by atoms with E-state index in [9.17, 15) is 21.6 Å². The van der Waals surface area contributed by atoms with Crippen molar-refractivity contribution in [2.24, 2.45) is 0 Å². The molecule has 2 aromatic rings. The Bertz CT molecular complexity index is 730. The van der Waals surface area contributed by atoms with Gasteiger partial charge in [-0.3, -0.25) is 4.31 Å². The van der Waals surface area contributed by atoms with Gasteiger partial charge in [0.05, 0.1) is 10.6 Å². The van der Waals surface area contributed by atoms with Crippen LogP contribution in [0.5, 0.6) is 0 Å². The van der Waals surface area contributed by atoms with Crippen LogP contribution in [0, 0.1) is 17.5 Å². The summed E-state index contributed by atoms with van der Waals surface area (Å²) in [5.41, 5.74) is -0.0341. The average molecular weight is 301 g/mol. The van der Waals surface area contributed by atoms with Gasteiger partial charge in [0.25, 0.3) is 10.0 Å². The van der Waals surface area contributed by atoms with Crippen LogP contribution < -0.4 is 4.31 Å². The zero-order valence-electron chi connectivity index (χ0n) is 10.3. The van der Waals surface area contributed by atoms with Crippen molar-refractivity contribution in [1.29, 1.82) is 0 Å². The highest BCUT2D eigenvalue weighted by atomic mass is 32.2. The van der Waals surface area contributed by atoms with Gasteiger partial charge in [-0.1, -0.05) is 0 Å². The van der Waals surface area contributed by atoms with Crippen LogP contribution in [0.25, 0.3) is 0 Å². The summed E-state index contributed by atoms with van der Waals surface area (Å²) >= 11 is 0. The Kier molecular flexibility index (Phi) is 3.71. The van der Waals surface area contributed by atoms with Gasteiger partial charge in [0, 0.05) is 13.1 Å². The molecule has 0 atom stereocenters. The van der Waals surface area contributed by atoms with Crippen LogP contribution in [-0.2, 0) is 10.0 Å². The van der Waals surface area contributed by atoms with Gasteiger partial charge < -0.3 is 0 Å². The minimum Gasteiger partial charge on any atom is -0.269 e. The number of hydrogen-bond donors (Lipinski definition) is 0. The number of sulfonamides is 1. The molecule has 0 spiro atoms. The van der Waals surface area contributed by atoms with Crippen molar-refractivity contribution in [3.8, 4) is 0 Å². The van der Waals surface area contributed by atoms with Gasteiger partial charge in [-0.15, -0.1) is 0 Å². The van der Waals surface area contributed by atoms with Crippen molar-refractivity contribution >= 4 is 15.7 Å². The molecule has 0 heterocycles. The van der Waals surface area contributed by atoms with Gasteiger partial charge in [0.1, 0.15) is 5.82 Å². The van der Waals surface area contributed by atoms with E-state index in [0.29, 0.717) is 0 Å². The average Bonchev–Trinajstić information content (AvgIpc) is 2.41. The fraction of sp³-hybridized carbons (Fsp3) is 0.0769. The zero-order chi connectivity index (χ0) is 14.9. The first kappa shape index (κ1) is 14.4. The predicted octanol–water partition coefficient (Wildman–Crippen LogP) is 2.93. The van der Waals surface area contributed by atoms with Crippen molar-refractivity contribution in [2.75, 3.05) is 11.4 Å². The molecule has 0 unspecified atom stereocenters. The highest BCUT2D eigenvalue weighted by molar-refractivity contribution is 7.92. The van der Waals surface area contributed by atoms with Gasteiger partial charge in [0.2, 0.25) is 0 Å². The second-order valence-corrected chi connectivity index (χ2v) is 5.99. The van der Waals surface area contributed by atoms with Crippen LogP contribution in [0.2, 0.25) is 0 Å². The molecule has 0 amide bonds. The Morgan fingerprint density at radius 1 is 0.900 bits per heavy atom. The van der Waals surface area contributed by atoms with E-state index in [1.165, 1.54) is 7.05 Å². The second-order valence-electron chi connectivity index (χ2n) is 4.02. The molecular weight excluding hydrogens is 291 g/mol. The summed E-state index contributed by atoms with van der Waals surface area (Å²) in [6.45, 7) is 0. The Hall–Kier alpha value is -2.02. The topological polar surface area (TPSA) is 37.4 Å². The first-order chi connectivity index (χ1) is 9.32. The Balaban J connectivity index is 2.42. The second kappa shape index (κ2) is 5.16. The summed E-state index contributed by atoms with van der Waals surface area (Å²) in [7, 11) is -2.76. The van der Waals surface area contributed by atoms with E-state index in [0.717, 1.165) is 46.8 Å². The van der Waals surface area contributed by atoms with Crippen molar-refractivity contribution in [3.05, 3.63) is 59.9 Å². The number of halogens is 3. The van der Waals surface area contributed by atoms with Crippen molar-refractivity contribution in [1.82, 2.24) is 0 Å². The quantitative estimate of drug-likeness (QED) is 0.874. The summed E-state index contributed by atoms with van der Waals surface area (Å²) in [5, 5.41) is 0. The lowest BCUT2D eigenvalue weighted by atomic mass is 10.3. The van der Waals surface area contributed by atoms with Crippen molar-refractivity contribution in [2.45, 2.75) is 4.90 Å². The van der Waals surface area contributed by atoms with Crippen LogP contribution in [0.1, 0.15) is 0 Å². The van der Waals surface area contributed by atoms with Crippen molar-refractivity contribution in [3.63, 3.8) is 0 Å². The zero-order valence-corrected chi connectivity index (χ0v) is 11.2. The van der Waals surface area contributed by atoms with Crippen LogP contribution in [-0.4, -0.2) is 15.5 Å². The van der Waals surface area contributed by atoms with Gasteiger partial charge in [-0.05, 0) is 36.4 Å². The smallest absolute Gasteiger partial charge is 0.264 e. The van der Waals surface area contributed by atoms with Crippen LogP contribution in [0.4, 0.5) is 18.9 Å². The highest BCUT2D eigenvalue weighted by Crippen LogP contribution is 2.23. The molecule has 0 bridgehead atoms. The third-order valence-corrected chi connectivity index (χ3v) is 4.54. The maximum atomic E-state index is 13.1. The molecule has 0 aromatic heterocycles. The molecule has 3 nitrogen and oxygen atoms in total. The minimum atomic E-state index is -3.96.